The van der Waals surface area contributed by atoms with E-state index in [1.807, 2.05) is 20.8 Å². The molecule has 2 rings (SSSR count). The monoisotopic (exact) mass is 251 g/mol. The third-order valence-electron chi connectivity index (χ3n) is 2.57. The lowest BCUT2D eigenvalue weighted by Crippen LogP contribution is -2.00. The molecule has 90 valence electrons. The number of aryl methyl sites for hydroxylation is 3. The molecule has 17 heavy (non-hydrogen) atoms. The van der Waals surface area contributed by atoms with Crippen LogP contribution in [0.1, 0.15) is 32.8 Å². The van der Waals surface area contributed by atoms with Crippen LogP contribution in [0.4, 0.5) is 4.39 Å². The highest BCUT2D eigenvalue weighted by Crippen LogP contribution is 2.30. The fraction of sp³-hybridized carbons (Fsp3) is 0.308. The van der Waals surface area contributed by atoms with Crippen LogP contribution in [-0.4, -0.2) is 10.1 Å². The zero-order valence-corrected chi connectivity index (χ0v) is 10.8. The normalized spacial score (nSPS) is 12.8. The lowest BCUT2D eigenvalue weighted by Gasteiger charge is -2.10. The average molecular weight is 251 g/mol. The van der Waals surface area contributed by atoms with E-state index in [9.17, 15) is 9.50 Å². The topological polar surface area (TPSA) is 33.1 Å². The van der Waals surface area contributed by atoms with E-state index in [2.05, 4.69) is 4.98 Å². The van der Waals surface area contributed by atoms with Crippen molar-refractivity contribution in [2.24, 2.45) is 0 Å². The van der Waals surface area contributed by atoms with E-state index in [1.54, 1.807) is 6.07 Å². The number of hydrogen-bond donors (Lipinski definition) is 1. The minimum absolute atomic E-state index is 0.321. The van der Waals surface area contributed by atoms with Gasteiger partial charge in [-0.1, -0.05) is 6.07 Å². The second-order valence-corrected chi connectivity index (χ2v) is 5.38. The maximum Gasteiger partial charge on any atom is 0.123 e. The van der Waals surface area contributed by atoms with Crippen molar-refractivity contribution in [2.45, 2.75) is 26.9 Å². The fourth-order valence-electron chi connectivity index (χ4n) is 1.87. The number of thiazole rings is 1. The number of rotatable bonds is 2. The number of aliphatic hydroxyl groups excluding tert-OH is 1. The summed E-state index contributed by atoms with van der Waals surface area (Å²) >= 11 is 1.45. The highest BCUT2D eigenvalue weighted by atomic mass is 32.1. The summed E-state index contributed by atoms with van der Waals surface area (Å²) in [6, 6.07) is 4.61. The van der Waals surface area contributed by atoms with Gasteiger partial charge < -0.3 is 5.11 Å². The molecule has 0 saturated heterocycles. The first-order valence-electron chi connectivity index (χ1n) is 5.36. The molecule has 2 aromatic rings. The summed E-state index contributed by atoms with van der Waals surface area (Å²) in [4.78, 5) is 5.05. The number of aromatic nitrogens is 1. The molecule has 0 aliphatic carbocycles. The van der Waals surface area contributed by atoms with Crippen LogP contribution in [0.25, 0.3) is 0 Å². The Bertz CT molecular complexity index is 530. The van der Waals surface area contributed by atoms with Crippen LogP contribution in [-0.2, 0) is 0 Å². The van der Waals surface area contributed by atoms with Gasteiger partial charge in [0.2, 0.25) is 0 Å². The number of benzene rings is 1. The Morgan fingerprint density at radius 2 is 1.94 bits per heavy atom. The SMILES string of the molecule is Cc1cc(F)cc(C(O)c2sc(C)nc2C)c1. The minimum Gasteiger partial charge on any atom is -0.383 e. The molecule has 0 bridgehead atoms. The van der Waals surface area contributed by atoms with E-state index >= 15 is 0 Å². The molecule has 0 aliphatic rings. The zero-order chi connectivity index (χ0) is 12.6. The number of hydrogen-bond acceptors (Lipinski definition) is 3. The van der Waals surface area contributed by atoms with Crippen LogP contribution in [0.2, 0.25) is 0 Å². The van der Waals surface area contributed by atoms with E-state index in [4.69, 9.17) is 0 Å². The first-order valence-corrected chi connectivity index (χ1v) is 6.18. The van der Waals surface area contributed by atoms with Crippen LogP contribution in [0, 0.1) is 26.6 Å². The first kappa shape index (κ1) is 12.2. The van der Waals surface area contributed by atoms with Gasteiger partial charge >= 0.3 is 0 Å². The maximum atomic E-state index is 13.3. The van der Waals surface area contributed by atoms with Crippen LogP contribution >= 0.6 is 11.3 Å². The first-order chi connectivity index (χ1) is 7.97. The Morgan fingerprint density at radius 1 is 1.24 bits per heavy atom. The van der Waals surface area contributed by atoms with E-state index in [1.165, 1.54) is 23.5 Å². The molecular formula is C13H14FNOS. The summed E-state index contributed by atoms with van der Waals surface area (Å²) in [5, 5.41) is 11.1. The van der Waals surface area contributed by atoms with Gasteiger partial charge in [-0.2, -0.15) is 0 Å². The van der Waals surface area contributed by atoms with Gasteiger partial charge in [-0.25, -0.2) is 9.37 Å². The second-order valence-electron chi connectivity index (χ2n) is 4.15. The van der Waals surface area contributed by atoms with Crippen molar-refractivity contribution in [2.75, 3.05) is 0 Å². The summed E-state index contributed by atoms with van der Waals surface area (Å²) in [5.74, 6) is -0.321. The van der Waals surface area contributed by atoms with E-state index in [-0.39, 0.29) is 5.82 Å². The largest absolute Gasteiger partial charge is 0.383 e. The number of aliphatic hydroxyl groups is 1. The molecule has 0 spiro atoms. The lowest BCUT2D eigenvalue weighted by atomic mass is 10.0. The smallest absolute Gasteiger partial charge is 0.123 e. The quantitative estimate of drug-likeness (QED) is 0.888. The summed E-state index contributed by atoms with van der Waals surface area (Å²) in [6.45, 7) is 5.56. The Morgan fingerprint density at radius 3 is 2.47 bits per heavy atom. The van der Waals surface area contributed by atoms with Gasteiger partial charge in [-0.3, -0.25) is 0 Å². The Hall–Kier alpha value is -1.26. The van der Waals surface area contributed by atoms with Crippen molar-refractivity contribution >= 4 is 11.3 Å². The van der Waals surface area contributed by atoms with E-state index in [0.29, 0.717) is 5.56 Å². The van der Waals surface area contributed by atoms with E-state index < -0.39 is 6.10 Å². The highest BCUT2D eigenvalue weighted by molar-refractivity contribution is 7.11. The third-order valence-corrected chi connectivity index (χ3v) is 3.69. The zero-order valence-electron chi connectivity index (χ0n) is 9.99. The van der Waals surface area contributed by atoms with Crippen molar-refractivity contribution in [3.05, 3.63) is 50.7 Å². The van der Waals surface area contributed by atoms with Gasteiger partial charge in [0.1, 0.15) is 11.9 Å². The van der Waals surface area contributed by atoms with Gasteiger partial charge in [-0.15, -0.1) is 11.3 Å². The fourth-order valence-corrected chi connectivity index (χ4v) is 2.82. The van der Waals surface area contributed by atoms with Crippen LogP contribution in [0.3, 0.4) is 0 Å². The molecule has 0 amide bonds. The Labute approximate surface area is 104 Å². The molecular weight excluding hydrogens is 237 g/mol. The predicted molar refractivity (Wildman–Crippen MR) is 66.8 cm³/mol. The molecule has 0 aliphatic heterocycles. The van der Waals surface area contributed by atoms with Gasteiger partial charge in [-0.05, 0) is 44.0 Å². The summed E-state index contributed by atoms with van der Waals surface area (Å²) in [5.41, 5.74) is 2.19. The number of halogens is 1. The summed E-state index contributed by atoms with van der Waals surface area (Å²) in [7, 11) is 0. The maximum absolute atomic E-state index is 13.3. The van der Waals surface area contributed by atoms with Crippen molar-refractivity contribution in [1.82, 2.24) is 4.98 Å². The van der Waals surface area contributed by atoms with Gasteiger partial charge in [0, 0.05) is 0 Å². The van der Waals surface area contributed by atoms with Crippen LogP contribution in [0.5, 0.6) is 0 Å². The molecule has 2 nitrogen and oxygen atoms in total. The second kappa shape index (κ2) is 4.55. The summed E-state index contributed by atoms with van der Waals surface area (Å²) in [6.07, 6.45) is -0.796. The average Bonchev–Trinajstić information content (AvgIpc) is 2.55. The molecule has 1 aromatic heterocycles. The molecule has 1 unspecified atom stereocenters. The van der Waals surface area contributed by atoms with Gasteiger partial charge in [0.15, 0.2) is 0 Å². The van der Waals surface area contributed by atoms with Gasteiger partial charge in [0.25, 0.3) is 0 Å². The third kappa shape index (κ3) is 2.53. The predicted octanol–water partition coefficient (Wildman–Crippen LogP) is 3.29. The highest BCUT2D eigenvalue weighted by Gasteiger charge is 2.17. The molecule has 1 aromatic carbocycles. The van der Waals surface area contributed by atoms with Crippen molar-refractivity contribution in [3.63, 3.8) is 0 Å². The van der Waals surface area contributed by atoms with Crippen LogP contribution in [0.15, 0.2) is 18.2 Å². The van der Waals surface area contributed by atoms with Crippen molar-refractivity contribution in [1.29, 1.82) is 0 Å². The molecule has 0 radical (unpaired) electrons. The Balaban J connectivity index is 2.43. The molecule has 0 fully saturated rings. The van der Waals surface area contributed by atoms with Crippen molar-refractivity contribution < 1.29 is 9.50 Å². The number of nitrogens with zero attached hydrogens (tertiary/aromatic N) is 1. The molecule has 4 heteroatoms. The molecule has 1 N–H and O–H groups in total. The van der Waals surface area contributed by atoms with E-state index in [0.717, 1.165) is 21.1 Å². The molecule has 0 saturated carbocycles. The molecule has 1 atom stereocenters. The Kier molecular flexibility index (Phi) is 3.26. The lowest BCUT2D eigenvalue weighted by molar-refractivity contribution is 0.222. The standard InChI is InChI=1S/C13H14FNOS/c1-7-4-10(6-11(14)5-7)12(16)13-8(2)15-9(3)17-13/h4-6,12,16H,1-3H3. The van der Waals surface area contributed by atoms with Crippen LogP contribution < -0.4 is 0 Å². The van der Waals surface area contributed by atoms with Crippen molar-refractivity contribution in [3.8, 4) is 0 Å². The minimum atomic E-state index is -0.796. The summed E-state index contributed by atoms with van der Waals surface area (Å²) < 4.78 is 13.3. The molecule has 1 heterocycles. The van der Waals surface area contributed by atoms with Gasteiger partial charge in [0.05, 0.1) is 15.6 Å².